The van der Waals surface area contributed by atoms with Gasteiger partial charge in [-0.25, -0.2) is 0 Å². The number of hydrogen-bond donors (Lipinski definition) is 9. The van der Waals surface area contributed by atoms with Crippen LogP contribution in [0.3, 0.4) is 0 Å². The number of fused-ring (bicyclic) bond motifs is 2. The van der Waals surface area contributed by atoms with Crippen molar-refractivity contribution in [3.05, 3.63) is 29.3 Å². The molecule has 0 amide bonds. The standard InChI is InChI=1S/C54H78O25/c1-20(55)43(59)48(64)51(68-10)30-13-28-11-27-12-29(75-37-18-35(50(24(5)72-37)74-26(7)56)78-36-15-32(58)49(67-9)23(4)71-36)14-31(57)41(27)46(62)42(28)47(63)52(30)79-39-17-33(44(60)22(3)70-39)76-38-16-34(45(61)21(2)69-38)77-40-19-54(8,66)53(65)25(6)73-40/h11-12,14,20-25,30,32-40,43-45,49-53,55,57-62,65-66H,13,15-19H2,1-10H3. The summed E-state index contributed by atoms with van der Waals surface area (Å²) in [5.74, 6) is -4.78. The van der Waals surface area contributed by atoms with Gasteiger partial charge in [-0.05, 0) is 78.0 Å². The van der Waals surface area contributed by atoms with Gasteiger partial charge in [-0.1, -0.05) is 0 Å². The largest absolute Gasteiger partial charge is 0.507 e. The van der Waals surface area contributed by atoms with Crippen molar-refractivity contribution in [2.45, 2.75) is 241 Å². The number of aliphatic hydroxyl groups excluding tert-OH is 6. The van der Waals surface area contributed by atoms with E-state index in [2.05, 4.69) is 0 Å². The molecule has 0 aromatic heterocycles. The lowest BCUT2D eigenvalue weighted by Crippen LogP contribution is -2.58. The van der Waals surface area contributed by atoms with E-state index in [0.717, 1.165) is 0 Å². The SMILES string of the molecule is COC(C(=O)C(O)C(C)O)C1Cc2cc3cc(OC4CC(OC5CC(O)C(OC)C(C)O5)C(OC(C)=O)C(C)O4)cc(O)c3c(O)c2C(=O)C1OC1CC(OC2CC(OC3CC(C)(O)C(O)C(C)O3)C(O)C(C)O2)C(O)C(C)O1. The van der Waals surface area contributed by atoms with Crippen LogP contribution in [0.1, 0.15) is 103 Å². The Morgan fingerprint density at radius 2 is 1.25 bits per heavy atom. The Bertz CT molecular complexity index is 2440. The van der Waals surface area contributed by atoms with Gasteiger partial charge >= 0.3 is 5.97 Å². The zero-order valence-corrected chi connectivity index (χ0v) is 45.9. The van der Waals surface area contributed by atoms with Crippen molar-refractivity contribution < 1.29 is 122 Å². The third-order valence-corrected chi connectivity index (χ3v) is 16.0. The number of phenolic OH excluding ortho intramolecular Hbond substituents is 2. The summed E-state index contributed by atoms with van der Waals surface area (Å²) in [5.41, 5.74) is -1.62. The Labute approximate surface area is 456 Å². The molecule has 79 heavy (non-hydrogen) atoms. The molecule has 8 rings (SSSR count). The van der Waals surface area contributed by atoms with E-state index in [1.54, 1.807) is 27.7 Å². The molecule has 5 fully saturated rings. The van der Waals surface area contributed by atoms with E-state index in [1.165, 1.54) is 60.1 Å². The number of Topliss-reactive ketones (excluding diaryl/α,β-unsaturated/α-hetero) is 2. The molecule has 6 aliphatic rings. The molecule has 25 nitrogen and oxygen atoms in total. The number of carbonyl (C=O) groups excluding carboxylic acids is 3. The third-order valence-electron chi connectivity index (χ3n) is 16.0. The number of aliphatic hydroxyl groups is 7. The minimum Gasteiger partial charge on any atom is -0.507 e. The normalized spacial score (nSPS) is 41.2. The maximum Gasteiger partial charge on any atom is 0.303 e. The highest BCUT2D eigenvalue weighted by Crippen LogP contribution is 2.46. The number of rotatable bonds is 17. The van der Waals surface area contributed by atoms with Crippen molar-refractivity contribution in [2.75, 3.05) is 14.2 Å². The number of phenols is 2. The average molecular weight is 1130 g/mol. The Morgan fingerprint density at radius 1 is 0.709 bits per heavy atom. The summed E-state index contributed by atoms with van der Waals surface area (Å²) in [5, 5.41) is 99.3. The predicted octanol–water partition coefficient (Wildman–Crippen LogP) is 0.667. The van der Waals surface area contributed by atoms with Gasteiger partial charge in [0, 0.05) is 65.2 Å². The lowest BCUT2D eigenvalue weighted by molar-refractivity contribution is -0.334. The van der Waals surface area contributed by atoms with Crippen LogP contribution in [0.5, 0.6) is 17.2 Å². The molecule has 1 aliphatic carbocycles. The molecule has 9 N–H and O–H groups in total. The highest BCUT2D eigenvalue weighted by molar-refractivity contribution is 6.11. The minimum atomic E-state index is -1.95. The zero-order valence-electron chi connectivity index (χ0n) is 45.9. The predicted molar refractivity (Wildman–Crippen MR) is 268 cm³/mol. The molecule has 0 radical (unpaired) electrons. The van der Waals surface area contributed by atoms with E-state index in [4.69, 9.17) is 61.6 Å². The Morgan fingerprint density at radius 3 is 1.84 bits per heavy atom. The maximum atomic E-state index is 15.0. The maximum absolute atomic E-state index is 15.0. The summed E-state index contributed by atoms with van der Waals surface area (Å²) in [6.45, 7) is 12.0. The van der Waals surface area contributed by atoms with Crippen LogP contribution in [0.25, 0.3) is 10.8 Å². The van der Waals surface area contributed by atoms with Crippen LogP contribution in [0.15, 0.2) is 18.2 Å². The number of esters is 1. The summed E-state index contributed by atoms with van der Waals surface area (Å²) in [6.07, 6.45) is -25.7. The second-order valence-electron chi connectivity index (χ2n) is 22.1. The first kappa shape index (κ1) is 61.3. The number of methoxy groups -OCH3 is 2. The van der Waals surface area contributed by atoms with E-state index in [1.807, 2.05) is 0 Å². The molecule has 0 bridgehead atoms. The first-order valence-electron chi connectivity index (χ1n) is 26.9. The number of ketones is 2. The van der Waals surface area contributed by atoms with Gasteiger partial charge in [0.1, 0.15) is 66.1 Å². The summed E-state index contributed by atoms with van der Waals surface area (Å²) in [7, 11) is 2.64. The summed E-state index contributed by atoms with van der Waals surface area (Å²) in [4.78, 5) is 41.1. The van der Waals surface area contributed by atoms with Crippen LogP contribution in [0.2, 0.25) is 0 Å². The molecule has 0 saturated carbocycles. The molecule has 444 valence electrons. The van der Waals surface area contributed by atoms with Crippen molar-refractivity contribution in [3.63, 3.8) is 0 Å². The number of hydrogen-bond acceptors (Lipinski definition) is 25. The molecule has 5 heterocycles. The fourth-order valence-corrected chi connectivity index (χ4v) is 11.9. The number of benzene rings is 2. The van der Waals surface area contributed by atoms with Gasteiger partial charge in [-0.2, -0.15) is 0 Å². The lowest BCUT2D eigenvalue weighted by atomic mass is 9.75. The Hall–Kier alpha value is -3.81. The van der Waals surface area contributed by atoms with Crippen molar-refractivity contribution in [1.82, 2.24) is 0 Å². The van der Waals surface area contributed by atoms with Crippen molar-refractivity contribution in [2.24, 2.45) is 5.92 Å². The van der Waals surface area contributed by atoms with Crippen molar-refractivity contribution in [1.29, 1.82) is 0 Å². The fourth-order valence-electron chi connectivity index (χ4n) is 11.9. The van der Waals surface area contributed by atoms with Crippen LogP contribution in [0, 0.1) is 5.92 Å². The van der Waals surface area contributed by atoms with Crippen LogP contribution < -0.4 is 4.74 Å². The van der Waals surface area contributed by atoms with Gasteiger partial charge in [-0.15, -0.1) is 0 Å². The second-order valence-corrected chi connectivity index (χ2v) is 22.1. The first-order chi connectivity index (χ1) is 37.2. The first-order valence-corrected chi connectivity index (χ1v) is 26.9. The van der Waals surface area contributed by atoms with Gasteiger partial charge in [0.15, 0.2) is 42.8 Å². The Balaban J connectivity index is 1.04. The van der Waals surface area contributed by atoms with Crippen molar-refractivity contribution >= 4 is 28.3 Å². The summed E-state index contributed by atoms with van der Waals surface area (Å²) < 4.78 is 78.2. The zero-order chi connectivity index (χ0) is 57.7. The monoisotopic (exact) mass is 1130 g/mol. The van der Waals surface area contributed by atoms with Crippen molar-refractivity contribution in [3.8, 4) is 17.2 Å². The second kappa shape index (κ2) is 25.0. The van der Waals surface area contributed by atoms with Crippen LogP contribution in [-0.4, -0.2) is 225 Å². The molecule has 5 saturated heterocycles. The third kappa shape index (κ3) is 13.2. The van der Waals surface area contributed by atoms with E-state index in [9.17, 15) is 55.5 Å². The number of carbonyl (C=O) groups is 3. The molecule has 25 atom stereocenters. The smallest absolute Gasteiger partial charge is 0.303 e. The van der Waals surface area contributed by atoms with E-state index in [0.29, 0.717) is 0 Å². The molecular formula is C54H78O25. The highest BCUT2D eigenvalue weighted by Gasteiger charge is 2.52. The lowest BCUT2D eigenvalue weighted by Gasteiger charge is -2.46. The molecule has 5 aliphatic heterocycles. The van der Waals surface area contributed by atoms with Gasteiger partial charge < -0.3 is 108 Å². The molecule has 25 unspecified atom stereocenters. The van der Waals surface area contributed by atoms with E-state index >= 15 is 4.79 Å². The van der Waals surface area contributed by atoms with Gasteiger partial charge in [0.05, 0.1) is 71.5 Å². The topological polar surface area (TPSA) is 353 Å². The molecule has 2 aromatic carbocycles. The average Bonchev–Trinajstić information content (AvgIpc) is 3.53. The summed E-state index contributed by atoms with van der Waals surface area (Å²) in [6, 6.07) is 4.20. The van der Waals surface area contributed by atoms with E-state index in [-0.39, 0.29) is 66.2 Å². The quantitative estimate of drug-likeness (QED) is 0.0983. The molecule has 2 aromatic rings. The molecule has 25 heteroatoms. The van der Waals surface area contributed by atoms with Crippen LogP contribution in [0.4, 0.5) is 0 Å². The Kier molecular flexibility index (Phi) is 19.4. The molecular weight excluding hydrogens is 1050 g/mol. The van der Waals surface area contributed by atoms with E-state index < -0.39 is 182 Å². The molecule has 0 spiro atoms. The fraction of sp³-hybridized carbons (Fsp3) is 0.759. The van der Waals surface area contributed by atoms with Gasteiger partial charge in [-0.3, -0.25) is 14.4 Å². The van der Waals surface area contributed by atoms with Gasteiger partial charge in [0.25, 0.3) is 0 Å². The van der Waals surface area contributed by atoms with Crippen LogP contribution in [-0.2, 0) is 72.9 Å². The highest BCUT2D eigenvalue weighted by atomic mass is 16.7. The summed E-state index contributed by atoms with van der Waals surface area (Å²) >= 11 is 0. The number of ether oxygens (including phenoxy) is 13. The van der Waals surface area contributed by atoms with Gasteiger partial charge in [0.2, 0.25) is 6.29 Å². The van der Waals surface area contributed by atoms with Crippen LogP contribution >= 0.6 is 0 Å². The number of aromatic hydroxyl groups is 2. The minimum absolute atomic E-state index is 0.0201.